The van der Waals surface area contributed by atoms with Crippen LogP contribution in [0.1, 0.15) is 51.2 Å². The van der Waals surface area contributed by atoms with Crippen LogP contribution in [-0.4, -0.2) is 28.8 Å². The van der Waals surface area contributed by atoms with Crippen molar-refractivity contribution in [2.75, 3.05) is 5.32 Å². The SMILES string of the molecule is Cc1cnc(N[C@H]2CCC[C@@H]2NC(=O)OC(C)(C)C)c(C)c1. The second kappa shape index (κ2) is 6.55. The number of carbonyl (C=O) groups excluding carboxylic acids is 1. The first kappa shape index (κ1) is 16.6. The molecular formula is C17H27N3O2. The van der Waals surface area contributed by atoms with Gasteiger partial charge >= 0.3 is 6.09 Å². The number of aromatic nitrogens is 1. The molecule has 1 aliphatic rings. The summed E-state index contributed by atoms with van der Waals surface area (Å²) in [5.41, 5.74) is 1.81. The monoisotopic (exact) mass is 305 g/mol. The third-order valence-corrected chi connectivity index (χ3v) is 3.76. The summed E-state index contributed by atoms with van der Waals surface area (Å²) in [6.07, 6.45) is 4.58. The summed E-state index contributed by atoms with van der Waals surface area (Å²) in [5.74, 6) is 0.897. The molecule has 1 aromatic rings. The maximum atomic E-state index is 11.9. The highest BCUT2D eigenvalue weighted by molar-refractivity contribution is 5.68. The number of amides is 1. The average molecular weight is 305 g/mol. The smallest absolute Gasteiger partial charge is 0.407 e. The van der Waals surface area contributed by atoms with Gasteiger partial charge in [0, 0.05) is 12.2 Å². The van der Waals surface area contributed by atoms with E-state index in [0.717, 1.165) is 36.2 Å². The van der Waals surface area contributed by atoms with E-state index in [-0.39, 0.29) is 18.2 Å². The van der Waals surface area contributed by atoms with E-state index in [1.165, 1.54) is 0 Å². The van der Waals surface area contributed by atoms with Gasteiger partial charge in [-0.25, -0.2) is 9.78 Å². The van der Waals surface area contributed by atoms with E-state index < -0.39 is 5.60 Å². The van der Waals surface area contributed by atoms with Crippen molar-refractivity contribution in [3.8, 4) is 0 Å². The van der Waals surface area contributed by atoms with Crippen LogP contribution in [0.5, 0.6) is 0 Å². The predicted molar refractivity (Wildman–Crippen MR) is 88.1 cm³/mol. The highest BCUT2D eigenvalue weighted by atomic mass is 16.6. The Morgan fingerprint density at radius 3 is 2.59 bits per heavy atom. The van der Waals surface area contributed by atoms with Gasteiger partial charge in [-0.1, -0.05) is 6.07 Å². The zero-order valence-corrected chi connectivity index (χ0v) is 14.2. The molecular weight excluding hydrogens is 278 g/mol. The number of hydrogen-bond donors (Lipinski definition) is 2. The molecule has 0 spiro atoms. The van der Waals surface area contributed by atoms with Crippen molar-refractivity contribution in [1.82, 2.24) is 10.3 Å². The van der Waals surface area contributed by atoms with E-state index in [4.69, 9.17) is 4.74 Å². The van der Waals surface area contributed by atoms with Gasteiger partial charge in [0.05, 0.1) is 6.04 Å². The first-order chi connectivity index (χ1) is 10.2. The van der Waals surface area contributed by atoms with Gasteiger partial charge in [0.2, 0.25) is 0 Å². The second-order valence-corrected chi connectivity index (χ2v) is 7.11. The van der Waals surface area contributed by atoms with Crippen LogP contribution in [0.3, 0.4) is 0 Å². The van der Waals surface area contributed by atoms with Crippen LogP contribution in [-0.2, 0) is 4.74 Å². The van der Waals surface area contributed by atoms with Gasteiger partial charge in [0.15, 0.2) is 0 Å². The zero-order chi connectivity index (χ0) is 16.3. The fraction of sp³-hybridized carbons (Fsp3) is 0.647. The minimum absolute atomic E-state index is 0.0809. The Morgan fingerprint density at radius 1 is 1.27 bits per heavy atom. The molecule has 5 heteroatoms. The van der Waals surface area contributed by atoms with Crippen molar-refractivity contribution >= 4 is 11.9 Å². The van der Waals surface area contributed by atoms with Crippen molar-refractivity contribution in [2.45, 2.75) is 71.6 Å². The number of nitrogens with zero attached hydrogens (tertiary/aromatic N) is 1. The first-order valence-corrected chi connectivity index (χ1v) is 7.94. The van der Waals surface area contributed by atoms with Crippen LogP contribution in [0.15, 0.2) is 12.3 Å². The Morgan fingerprint density at radius 2 is 1.95 bits per heavy atom. The molecule has 1 saturated carbocycles. The van der Waals surface area contributed by atoms with E-state index in [1.54, 1.807) is 0 Å². The minimum Gasteiger partial charge on any atom is -0.444 e. The maximum absolute atomic E-state index is 11.9. The molecule has 1 fully saturated rings. The fourth-order valence-corrected chi connectivity index (χ4v) is 2.81. The molecule has 0 saturated heterocycles. The van der Waals surface area contributed by atoms with Crippen LogP contribution < -0.4 is 10.6 Å². The van der Waals surface area contributed by atoms with Gasteiger partial charge in [-0.15, -0.1) is 0 Å². The Bertz CT molecular complexity index is 537. The number of ether oxygens (including phenoxy) is 1. The van der Waals surface area contributed by atoms with Gasteiger partial charge in [-0.05, 0) is 65.0 Å². The summed E-state index contributed by atoms with van der Waals surface area (Å²) in [6, 6.07) is 2.39. The summed E-state index contributed by atoms with van der Waals surface area (Å²) in [5, 5.41) is 6.46. The van der Waals surface area contributed by atoms with E-state index in [0.29, 0.717) is 0 Å². The second-order valence-electron chi connectivity index (χ2n) is 7.11. The molecule has 22 heavy (non-hydrogen) atoms. The van der Waals surface area contributed by atoms with Crippen LogP contribution >= 0.6 is 0 Å². The number of pyridine rings is 1. The molecule has 0 radical (unpaired) electrons. The third-order valence-electron chi connectivity index (χ3n) is 3.76. The number of alkyl carbamates (subject to hydrolysis) is 1. The first-order valence-electron chi connectivity index (χ1n) is 7.94. The molecule has 1 aromatic heterocycles. The third kappa shape index (κ3) is 4.61. The molecule has 1 heterocycles. The highest BCUT2D eigenvalue weighted by Crippen LogP contribution is 2.24. The molecule has 0 unspecified atom stereocenters. The standard InChI is InChI=1S/C17H27N3O2/c1-11-9-12(2)15(18-10-11)19-13-7-6-8-14(13)20-16(21)22-17(3,4)5/h9-10,13-14H,6-8H2,1-5H3,(H,18,19)(H,20,21)/t13-,14-/m0/s1. The summed E-state index contributed by atoms with van der Waals surface area (Å²) in [6.45, 7) is 9.70. The Labute approximate surface area is 132 Å². The van der Waals surface area contributed by atoms with E-state index in [1.807, 2.05) is 40.8 Å². The minimum atomic E-state index is -0.472. The number of carbonyl (C=O) groups is 1. The highest BCUT2D eigenvalue weighted by Gasteiger charge is 2.30. The van der Waals surface area contributed by atoms with Crippen molar-refractivity contribution in [1.29, 1.82) is 0 Å². The Kier molecular flexibility index (Phi) is 4.94. The summed E-state index contributed by atoms with van der Waals surface area (Å²) in [7, 11) is 0. The Balaban J connectivity index is 1.97. The van der Waals surface area contributed by atoms with Crippen molar-refractivity contribution in [3.63, 3.8) is 0 Å². The molecule has 5 nitrogen and oxygen atoms in total. The van der Waals surface area contributed by atoms with Gasteiger partial charge in [0.1, 0.15) is 11.4 Å². The number of anilines is 1. The van der Waals surface area contributed by atoms with Gasteiger partial charge < -0.3 is 15.4 Å². The zero-order valence-electron chi connectivity index (χ0n) is 14.2. The topological polar surface area (TPSA) is 63.2 Å². The summed E-state index contributed by atoms with van der Waals surface area (Å²) in [4.78, 5) is 16.4. The normalized spacial score (nSPS) is 21.5. The lowest BCUT2D eigenvalue weighted by atomic mass is 10.1. The van der Waals surface area contributed by atoms with E-state index >= 15 is 0 Å². The molecule has 2 rings (SSSR count). The molecule has 2 atom stereocenters. The average Bonchev–Trinajstić information content (AvgIpc) is 2.77. The summed E-state index contributed by atoms with van der Waals surface area (Å²) >= 11 is 0. The molecule has 1 amide bonds. The van der Waals surface area contributed by atoms with Crippen LogP contribution in [0, 0.1) is 13.8 Å². The van der Waals surface area contributed by atoms with Crippen LogP contribution in [0.25, 0.3) is 0 Å². The molecule has 0 aliphatic heterocycles. The quantitative estimate of drug-likeness (QED) is 0.896. The van der Waals surface area contributed by atoms with Crippen LogP contribution in [0.2, 0.25) is 0 Å². The number of rotatable bonds is 3. The van der Waals surface area contributed by atoms with Gasteiger partial charge in [-0.3, -0.25) is 0 Å². The largest absolute Gasteiger partial charge is 0.444 e. The number of aryl methyl sites for hydroxylation is 2. The predicted octanol–water partition coefficient (Wildman–Crippen LogP) is 3.56. The van der Waals surface area contributed by atoms with Gasteiger partial charge in [-0.2, -0.15) is 0 Å². The molecule has 1 aliphatic carbocycles. The van der Waals surface area contributed by atoms with Crippen molar-refractivity contribution < 1.29 is 9.53 Å². The fourth-order valence-electron chi connectivity index (χ4n) is 2.81. The van der Waals surface area contributed by atoms with Crippen molar-refractivity contribution in [2.24, 2.45) is 0 Å². The molecule has 0 aromatic carbocycles. The maximum Gasteiger partial charge on any atom is 0.407 e. The molecule has 122 valence electrons. The van der Waals surface area contributed by atoms with Crippen LogP contribution in [0.4, 0.5) is 10.6 Å². The van der Waals surface area contributed by atoms with Crippen molar-refractivity contribution in [3.05, 3.63) is 23.4 Å². The lowest BCUT2D eigenvalue weighted by Gasteiger charge is -2.26. The van der Waals surface area contributed by atoms with Gasteiger partial charge in [0.25, 0.3) is 0 Å². The molecule has 0 bridgehead atoms. The Hall–Kier alpha value is -1.78. The van der Waals surface area contributed by atoms with E-state index in [2.05, 4.69) is 21.7 Å². The molecule has 2 N–H and O–H groups in total. The lowest BCUT2D eigenvalue weighted by Crippen LogP contribution is -2.45. The summed E-state index contributed by atoms with van der Waals surface area (Å²) < 4.78 is 5.34. The number of hydrogen-bond acceptors (Lipinski definition) is 4. The number of nitrogens with one attached hydrogen (secondary N) is 2. The lowest BCUT2D eigenvalue weighted by molar-refractivity contribution is 0.0503. The van der Waals surface area contributed by atoms with E-state index in [9.17, 15) is 4.79 Å².